The van der Waals surface area contributed by atoms with Gasteiger partial charge in [0.15, 0.2) is 0 Å². The Bertz CT molecular complexity index is 348. The largest absolute Gasteiger partial charge is 0.313 e. The fourth-order valence-corrected chi connectivity index (χ4v) is 3.48. The van der Waals surface area contributed by atoms with Crippen molar-refractivity contribution in [1.29, 1.82) is 0 Å². The third kappa shape index (κ3) is 3.30. The van der Waals surface area contributed by atoms with Crippen LogP contribution in [0, 0.1) is 6.92 Å². The van der Waals surface area contributed by atoms with Crippen molar-refractivity contribution >= 4 is 11.3 Å². The second-order valence-corrected chi connectivity index (χ2v) is 6.38. The second kappa shape index (κ2) is 5.98. The molecular formula is C14H24N2S. The van der Waals surface area contributed by atoms with E-state index in [1.54, 1.807) is 0 Å². The first kappa shape index (κ1) is 13.1. The number of hydrogen-bond acceptors (Lipinski definition) is 3. The van der Waals surface area contributed by atoms with Gasteiger partial charge in [0.1, 0.15) is 0 Å². The van der Waals surface area contributed by atoms with Crippen molar-refractivity contribution in [3.05, 3.63) is 21.9 Å². The monoisotopic (exact) mass is 252 g/mol. The first-order valence-electron chi connectivity index (χ1n) is 6.74. The molecule has 0 saturated carbocycles. The van der Waals surface area contributed by atoms with Crippen molar-refractivity contribution in [1.82, 2.24) is 10.2 Å². The quantitative estimate of drug-likeness (QED) is 0.866. The summed E-state index contributed by atoms with van der Waals surface area (Å²) in [4.78, 5) is 5.55. The molecule has 3 heteroatoms. The molecule has 2 atom stereocenters. The Labute approximate surface area is 109 Å². The van der Waals surface area contributed by atoms with Gasteiger partial charge < -0.3 is 5.32 Å². The summed E-state index contributed by atoms with van der Waals surface area (Å²) in [5, 5.41) is 3.63. The van der Waals surface area contributed by atoms with Crippen LogP contribution in [-0.4, -0.2) is 30.6 Å². The fourth-order valence-electron chi connectivity index (χ4n) is 2.51. The van der Waals surface area contributed by atoms with Crippen LogP contribution in [0.4, 0.5) is 0 Å². The summed E-state index contributed by atoms with van der Waals surface area (Å²) in [7, 11) is 0. The van der Waals surface area contributed by atoms with E-state index in [-0.39, 0.29) is 0 Å². The van der Waals surface area contributed by atoms with Gasteiger partial charge in [-0.2, -0.15) is 0 Å². The van der Waals surface area contributed by atoms with Gasteiger partial charge in [0, 0.05) is 34.9 Å². The molecule has 1 saturated heterocycles. The van der Waals surface area contributed by atoms with Gasteiger partial charge in [-0.15, -0.1) is 11.3 Å². The van der Waals surface area contributed by atoms with E-state index in [1.165, 1.54) is 35.7 Å². The smallest absolute Gasteiger partial charge is 0.0414 e. The molecular weight excluding hydrogens is 228 g/mol. The van der Waals surface area contributed by atoms with Crippen LogP contribution in [0.3, 0.4) is 0 Å². The number of aryl methyl sites for hydroxylation is 1. The van der Waals surface area contributed by atoms with Crippen LogP contribution in [-0.2, 0) is 0 Å². The summed E-state index contributed by atoms with van der Waals surface area (Å²) in [6.07, 6.45) is 2.53. The minimum atomic E-state index is 0.585. The van der Waals surface area contributed by atoms with Crippen molar-refractivity contribution in [2.45, 2.75) is 45.7 Å². The third-order valence-corrected chi connectivity index (χ3v) is 4.79. The zero-order valence-electron chi connectivity index (χ0n) is 11.2. The minimum absolute atomic E-state index is 0.585. The average molecular weight is 252 g/mol. The molecule has 96 valence electrons. The van der Waals surface area contributed by atoms with E-state index in [9.17, 15) is 0 Å². The van der Waals surface area contributed by atoms with Crippen molar-refractivity contribution in [3.63, 3.8) is 0 Å². The van der Waals surface area contributed by atoms with Gasteiger partial charge in [0.25, 0.3) is 0 Å². The maximum Gasteiger partial charge on any atom is 0.0414 e. The zero-order chi connectivity index (χ0) is 12.3. The highest BCUT2D eigenvalue weighted by Gasteiger charge is 2.26. The Balaban J connectivity index is 1.87. The summed E-state index contributed by atoms with van der Waals surface area (Å²) in [6.45, 7) is 10.4. The maximum atomic E-state index is 3.63. The number of rotatable bonds is 5. The van der Waals surface area contributed by atoms with Crippen LogP contribution >= 0.6 is 11.3 Å². The first-order chi connectivity index (χ1) is 8.20. The van der Waals surface area contributed by atoms with Gasteiger partial charge in [-0.05, 0) is 45.4 Å². The van der Waals surface area contributed by atoms with Gasteiger partial charge >= 0.3 is 0 Å². The number of thiophene rings is 1. The minimum Gasteiger partial charge on any atom is -0.313 e. The average Bonchev–Trinajstić information content (AvgIpc) is 2.94. The predicted molar refractivity (Wildman–Crippen MR) is 75.7 cm³/mol. The summed E-state index contributed by atoms with van der Waals surface area (Å²) in [6, 6.07) is 5.82. The van der Waals surface area contributed by atoms with Crippen LogP contribution in [0.1, 0.15) is 42.5 Å². The lowest BCUT2D eigenvalue weighted by atomic mass is 10.2. The third-order valence-electron chi connectivity index (χ3n) is 3.62. The number of likely N-dealkylation sites (tertiary alicyclic amines) is 1. The lowest BCUT2D eigenvalue weighted by molar-refractivity contribution is 0.259. The molecule has 1 aliphatic heterocycles. The number of nitrogens with zero attached hydrogens (tertiary/aromatic N) is 1. The molecule has 2 heterocycles. The SMILES string of the molecule is CCCNC1CCN(C(C)c2ccc(C)s2)C1. The zero-order valence-corrected chi connectivity index (χ0v) is 12.0. The molecule has 2 nitrogen and oxygen atoms in total. The molecule has 1 aromatic rings. The van der Waals surface area contributed by atoms with E-state index in [0.717, 1.165) is 6.54 Å². The summed E-state index contributed by atoms with van der Waals surface area (Å²) < 4.78 is 0. The summed E-state index contributed by atoms with van der Waals surface area (Å²) in [5.74, 6) is 0. The Morgan fingerprint density at radius 2 is 2.35 bits per heavy atom. The van der Waals surface area contributed by atoms with E-state index >= 15 is 0 Å². The molecule has 0 aromatic carbocycles. The molecule has 2 rings (SSSR count). The molecule has 1 aromatic heterocycles. The highest BCUT2D eigenvalue weighted by molar-refractivity contribution is 7.12. The molecule has 0 aliphatic carbocycles. The van der Waals surface area contributed by atoms with Gasteiger partial charge in [-0.25, -0.2) is 0 Å². The van der Waals surface area contributed by atoms with Crippen molar-refractivity contribution in [3.8, 4) is 0 Å². The Morgan fingerprint density at radius 3 is 3.00 bits per heavy atom. The molecule has 0 spiro atoms. The Hall–Kier alpha value is -0.380. The topological polar surface area (TPSA) is 15.3 Å². The van der Waals surface area contributed by atoms with Crippen molar-refractivity contribution in [2.24, 2.45) is 0 Å². The predicted octanol–water partition coefficient (Wildman–Crippen LogP) is 3.19. The van der Waals surface area contributed by atoms with Crippen LogP contribution in [0.2, 0.25) is 0 Å². The lowest BCUT2D eigenvalue weighted by Gasteiger charge is -2.23. The molecule has 0 amide bonds. The Kier molecular flexibility index (Phi) is 4.60. The molecule has 1 fully saturated rings. The first-order valence-corrected chi connectivity index (χ1v) is 7.56. The van der Waals surface area contributed by atoms with Crippen molar-refractivity contribution < 1.29 is 0 Å². The number of nitrogens with one attached hydrogen (secondary N) is 1. The molecule has 1 N–H and O–H groups in total. The molecule has 17 heavy (non-hydrogen) atoms. The van der Waals surface area contributed by atoms with Crippen LogP contribution < -0.4 is 5.32 Å². The molecule has 0 radical (unpaired) electrons. The highest BCUT2D eigenvalue weighted by Crippen LogP contribution is 2.29. The fraction of sp³-hybridized carbons (Fsp3) is 0.714. The molecule has 2 unspecified atom stereocenters. The van der Waals surface area contributed by atoms with E-state index < -0.39 is 0 Å². The Morgan fingerprint density at radius 1 is 1.53 bits per heavy atom. The van der Waals surface area contributed by atoms with Gasteiger partial charge in [-0.3, -0.25) is 4.90 Å². The van der Waals surface area contributed by atoms with Gasteiger partial charge in [0.2, 0.25) is 0 Å². The van der Waals surface area contributed by atoms with Gasteiger partial charge in [0.05, 0.1) is 0 Å². The van der Waals surface area contributed by atoms with Crippen LogP contribution in [0.5, 0.6) is 0 Å². The maximum absolute atomic E-state index is 3.63. The normalized spacial score (nSPS) is 23.1. The number of hydrogen-bond donors (Lipinski definition) is 1. The van der Waals surface area contributed by atoms with Crippen molar-refractivity contribution in [2.75, 3.05) is 19.6 Å². The summed E-state index contributed by atoms with van der Waals surface area (Å²) >= 11 is 1.94. The van der Waals surface area contributed by atoms with E-state index in [1.807, 2.05) is 11.3 Å². The molecule has 1 aliphatic rings. The second-order valence-electron chi connectivity index (χ2n) is 5.06. The van der Waals surface area contributed by atoms with Crippen LogP contribution in [0.15, 0.2) is 12.1 Å². The highest BCUT2D eigenvalue weighted by atomic mass is 32.1. The van der Waals surface area contributed by atoms with Gasteiger partial charge in [-0.1, -0.05) is 6.92 Å². The molecule has 0 bridgehead atoms. The van der Waals surface area contributed by atoms with E-state index in [0.29, 0.717) is 12.1 Å². The summed E-state index contributed by atoms with van der Waals surface area (Å²) in [5.41, 5.74) is 0. The van der Waals surface area contributed by atoms with E-state index in [2.05, 4.69) is 43.1 Å². The standard InChI is InChI=1S/C14H24N2S/c1-4-8-15-13-7-9-16(10-13)12(3)14-6-5-11(2)17-14/h5-6,12-13,15H,4,7-10H2,1-3H3. The van der Waals surface area contributed by atoms with E-state index in [4.69, 9.17) is 0 Å². The lowest BCUT2D eigenvalue weighted by Crippen LogP contribution is -2.33. The van der Waals surface area contributed by atoms with Crippen LogP contribution in [0.25, 0.3) is 0 Å².